The molecule has 1 aromatic carbocycles. The molecule has 15 heavy (non-hydrogen) atoms. The largest absolute Gasteiger partial charge is 0.393 e. The van der Waals surface area contributed by atoms with Crippen LogP contribution in [-0.2, 0) is 12.8 Å². The maximum Gasteiger partial charge on any atom is 0.109 e. The van der Waals surface area contributed by atoms with Crippen LogP contribution in [-0.4, -0.2) is 16.9 Å². The van der Waals surface area contributed by atoms with E-state index < -0.39 is 5.67 Å². The molecular formula is C13H19FO. The Labute approximate surface area is 90.9 Å². The van der Waals surface area contributed by atoms with Crippen LogP contribution in [0.3, 0.4) is 0 Å². The van der Waals surface area contributed by atoms with Crippen LogP contribution in [0.25, 0.3) is 0 Å². The number of rotatable bonds is 4. The van der Waals surface area contributed by atoms with Crippen molar-refractivity contribution in [1.29, 1.82) is 0 Å². The molecule has 0 fully saturated rings. The van der Waals surface area contributed by atoms with Crippen molar-refractivity contribution in [3.05, 3.63) is 35.4 Å². The summed E-state index contributed by atoms with van der Waals surface area (Å²) >= 11 is 0. The SMILES string of the molecule is CC(O)Cc1cccc(CC(C)(C)F)c1. The number of hydrogen-bond donors (Lipinski definition) is 1. The number of alkyl halides is 1. The molecule has 0 aliphatic heterocycles. The lowest BCUT2D eigenvalue weighted by Gasteiger charge is -2.14. The Morgan fingerprint density at radius 1 is 1.33 bits per heavy atom. The quantitative estimate of drug-likeness (QED) is 0.810. The van der Waals surface area contributed by atoms with Crippen LogP contribution in [0.2, 0.25) is 0 Å². The number of hydrogen-bond acceptors (Lipinski definition) is 1. The first kappa shape index (κ1) is 12.2. The molecular weight excluding hydrogens is 191 g/mol. The molecule has 0 radical (unpaired) electrons. The smallest absolute Gasteiger partial charge is 0.109 e. The number of halogens is 1. The van der Waals surface area contributed by atoms with Crippen LogP contribution in [0, 0.1) is 0 Å². The fraction of sp³-hybridized carbons (Fsp3) is 0.538. The van der Waals surface area contributed by atoms with E-state index in [9.17, 15) is 9.50 Å². The molecule has 1 unspecified atom stereocenters. The van der Waals surface area contributed by atoms with E-state index in [1.165, 1.54) is 0 Å². The van der Waals surface area contributed by atoms with Crippen LogP contribution in [0.4, 0.5) is 4.39 Å². The van der Waals surface area contributed by atoms with E-state index in [4.69, 9.17) is 0 Å². The predicted octanol–water partition coefficient (Wildman–Crippen LogP) is 2.90. The summed E-state index contributed by atoms with van der Waals surface area (Å²) in [5.41, 5.74) is 0.871. The highest BCUT2D eigenvalue weighted by Gasteiger charge is 2.16. The first-order chi connectivity index (χ1) is 6.87. The van der Waals surface area contributed by atoms with Crippen molar-refractivity contribution in [2.24, 2.45) is 0 Å². The highest BCUT2D eigenvalue weighted by Crippen LogP contribution is 2.18. The monoisotopic (exact) mass is 210 g/mol. The molecule has 0 aromatic heterocycles. The topological polar surface area (TPSA) is 20.2 Å². The maximum absolute atomic E-state index is 13.4. The normalized spacial score (nSPS) is 13.9. The number of aliphatic hydroxyl groups is 1. The van der Waals surface area contributed by atoms with Crippen molar-refractivity contribution in [1.82, 2.24) is 0 Å². The molecule has 0 saturated carbocycles. The van der Waals surface area contributed by atoms with Gasteiger partial charge in [-0.3, -0.25) is 0 Å². The van der Waals surface area contributed by atoms with Gasteiger partial charge < -0.3 is 5.11 Å². The van der Waals surface area contributed by atoms with Gasteiger partial charge in [0.1, 0.15) is 5.67 Å². The van der Waals surface area contributed by atoms with Crippen molar-refractivity contribution in [3.8, 4) is 0 Å². The standard InChI is InChI=1S/C13H19FO/c1-10(15)7-11-5-4-6-12(8-11)9-13(2,3)14/h4-6,8,10,15H,7,9H2,1-3H3. The molecule has 1 rings (SSSR count). The van der Waals surface area contributed by atoms with E-state index in [1.807, 2.05) is 24.3 Å². The summed E-state index contributed by atoms with van der Waals surface area (Å²) in [6.07, 6.45) is 0.694. The minimum Gasteiger partial charge on any atom is -0.393 e. The van der Waals surface area contributed by atoms with Gasteiger partial charge in [0, 0.05) is 6.42 Å². The third kappa shape index (κ3) is 4.93. The summed E-state index contributed by atoms with van der Waals surface area (Å²) in [5, 5.41) is 9.26. The van der Waals surface area contributed by atoms with Gasteiger partial charge in [-0.05, 0) is 38.3 Å². The second-order valence-electron chi connectivity index (χ2n) is 4.77. The Kier molecular flexibility index (Phi) is 3.86. The number of aliphatic hydroxyl groups excluding tert-OH is 1. The van der Waals surface area contributed by atoms with E-state index in [0.717, 1.165) is 11.1 Å². The molecule has 0 heterocycles. The van der Waals surface area contributed by atoms with Gasteiger partial charge in [-0.1, -0.05) is 24.3 Å². The zero-order valence-electron chi connectivity index (χ0n) is 9.63. The highest BCUT2D eigenvalue weighted by molar-refractivity contribution is 5.25. The van der Waals surface area contributed by atoms with E-state index in [0.29, 0.717) is 12.8 Å². The average molecular weight is 210 g/mol. The second kappa shape index (κ2) is 4.75. The lowest BCUT2D eigenvalue weighted by Crippen LogP contribution is -2.15. The Balaban J connectivity index is 2.74. The summed E-state index contributed by atoms with van der Waals surface area (Å²) in [4.78, 5) is 0. The highest BCUT2D eigenvalue weighted by atomic mass is 19.1. The lowest BCUT2D eigenvalue weighted by molar-refractivity contribution is 0.195. The van der Waals surface area contributed by atoms with Gasteiger partial charge in [0.05, 0.1) is 6.10 Å². The maximum atomic E-state index is 13.4. The first-order valence-electron chi connectivity index (χ1n) is 5.31. The Bertz CT molecular complexity index is 313. The zero-order valence-corrected chi connectivity index (χ0v) is 9.63. The van der Waals surface area contributed by atoms with E-state index in [1.54, 1.807) is 20.8 Å². The van der Waals surface area contributed by atoms with Gasteiger partial charge in [-0.25, -0.2) is 4.39 Å². The third-order valence-electron chi connectivity index (χ3n) is 2.15. The fourth-order valence-electron chi connectivity index (χ4n) is 1.69. The van der Waals surface area contributed by atoms with Crippen molar-refractivity contribution in [2.45, 2.75) is 45.4 Å². The van der Waals surface area contributed by atoms with Crippen LogP contribution in [0.15, 0.2) is 24.3 Å². The second-order valence-corrected chi connectivity index (χ2v) is 4.77. The van der Waals surface area contributed by atoms with E-state index >= 15 is 0 Å². The van der Waals surface area contributed by atoms with E-state index in [-0.39, 0.29) is 6.10 Å². The Morgan fingerprint density at radius 3 is 2.47 bits per heavy atom. The zero-order chi connectivity index (χ0) is 11.5. The van der Waals surface area contributed by atoms with E-state index in [2.05, 4.69) is 0 Å². The Morgan fingerprint density at radius 2 is 1.93 bits per heavy atom. The van der Waals surface area contributed by atoms with Gasteiger partial charge in [0.2, 0.25) is 0 Å². The molecule has 0 saturated heterocycles. The summed E-state index contributed by atoms with van der Waals surface area (Å²) < 4.78 is 13.4. The van der Waals surface area contributed by atoms with Gasteiger partial charge in [0.15, 0.2) is 0 Å². The summed E-state index contributed by atoms with van der Waals surface area (Å²) in [6, 6.07) is 7.77. The molecule has 0 spiro atoms. The van der Waals surface area contributed by atoms with Crippen LogP contribution in [0.5, 0.6) is 0 Å². The van der Waals surface area contributed by atoms with Crippen molar-refractivity contribution in [2.75, 3.05) is 0 Å². The molecule has 1 aromatic rings. The minimum absolute atomic E-state index is 0.348. The Hall–Kier alpha value is -0.890. The van der Waals surface area contributed by atoms with Crippen LogP contribution >= 0.6 is 0 Å². The molecule has 0 aliphatic carbocycles. The van der Waals surface area contributed by atoms with Crippen LogP contribution < -0.4 is 0 Å². The average Bonchev–Trinajstić information content (AvgIpc) is 1.99. The minimum atomic E-state index is -1.18. The van der Waals surface area contributed by atoms with Gasteiger partial charge >= 0.3 is 0 Å². The molecule has 0 bridgehead atoms. The van der Waals surface area contributed by atoms with Gasteiger partial charge in [0.25, 0.3) is 0 Å². The summed E-state index contributed by atoms with van der Waals surface area (Å²) in [6.45, 7) is 4.91. The van der Waals surface area contributed by atoms with Crippen molar-refractivity contribution < 1.29 is 9.50 Å². The predicted molar refractivity (Wildman–Crippen MR) is 60.7 cm³/mol. The molecule has 0 amide bonds. The molecule has 2 heteroatoms. The lowest BCUT2D eigenvalue weighted by atomic mass is 9.97. The molecule has 1 N–H and O–H groups in total. The first-order valence-corrected chi connectivity index (χ1v) is 5.31. The van der Waals surface area contributed by atoms with Gasteiger partial charge in [-0.2, -0.15) is 0 Å². The summed E-state index contributed by atoms with van der Waals surface area (Å²) in [5.74, 6) is 0. The third-order valence-corrected chi connectivity index (χ3v) is 2.15. The fourth-order valence-corrected chi connectivity index (χ4v) is 1.69. The number of benzene rings is 1. The van der Waals surface area contributed by atoms with Crippen LogP contribution in [0.1, 0.15) is 31.9 Å². The molecule has 1 atom stereocenters. The van der Waals surface area contributed by atoms with Gasteiger partial charge in [-0.15, -0.1) is 0 Å². The van der Waals surface area contributed by atoms with Crippen molar-refractivity contribution >= 4 is 0 Å². The summed E-state index contributed by atoms with van der Waals surface area (Å²) in [7, 11) is 0. The molecule has 84 valence electrons. The molecule has 1 nitrogen and oxygen atoms in total. The molecule has 0 aliphatic rings. The van der Waals surface area contributed by atoms with Crippen molar-refractivity contribution in [3.63, 3.8) is 0 Å².